The van der Waals surface area contributed by atoms with Crippen molar-refractivity contribution in [3.63, 3.8) is 0 Å². The highest BCUT2D eigenvalue weighted by Crippen LogP contribution is 2.29. The number of hydrogen-bond donors (Lipinski definition) is 0. The molecule has 0 radical (unpaired) electrons. The normalized spacial score (nSPS) is 17.6. The highest BCUT2D eigenvalue weighted by atomic mass is 35.5. The van der Waals surface area contributed by atoms with Crippen molar-refractivity contribution in [2.24, 2.45) is 0 Å². The predicted molar refractivity (Wildman–Crippen MR) is 99.0 cm³/mol. The zero-order chi connectivity index (χ0) is 17.1. The van der Waals surface area contributed by atoms with Crippen LogP contribution in [0.5, 0.6) is 0 Å². The van der Waals surface area contributed by atoms with Gasteiger partial charge in [-0.15, -0.1) is 0 Å². The predicted octanol–water partition coefficient (Wildman–Crippen LogP) is 3.76. The van der Waals surface area contributed by atoms with E-state index in [1.165, 1.54) is 5.56 Å². The summed E-state index contributed by atoms with van der Waals surface area (Å²) in [5.74, 6) is 2.54. The SMILES string of the molecule is Clc1ccc(N2CCC[C@H](c3nccn3Cc3ccncc3)C2)nc1. The van der Waals surface area contributed by atoms with Gasteiger partial charge in [-0.3, -0.25) is 4.98 Å². The summed E-state index contributed by atoms with van der Waals surface area (Å²) in [5, 5.41) is 0.671. The molecule has 4 rings (SSSR count). The molecule has 5 nitrogen and oxygen atoms in total. The molecule has 0 N–H and O–H groups in total. The Kier molecular flexibility index (Phi) is 4.65. The monoisotopic (exact) mass is 353 g/mol. The number of hydrogen-bond acceptors (Lipinski definition) is 4. The first kappa shape index (κ1) is 16.1. The third kappa shape index (κ3) is 3.66. The van der Waals surface area contributed by atoms with Gasteiger partial charge in [0.15, 0.2) is 0 Å². The number of rotatable bonds is 4. The Hall–Kier alpha value is -2.40. The van der Waals surface area contributed by atoms with Crippen LogP contribution in [0.15, 0.2) is 55.2 Å². The summed E-state index contributed by atoms with van der Waals surface area (Å²) < 4.78 is 2.25. The van der Waals surface area contributed by atoms with Crippen molar-refractivity contribution in [1.29, 1.82) is 0 Å². The van der Waals surface area contributed by atoms with E-state index in [1.807, 2.05) is 30.7 Å². The molecule has 4 heterocycles. The number of piperidine rings is 1. The first-order valence-electron chi connectivity index (χ1n) is 8.56. The minimum absolute atomic E-state index is 0.406. The maximum Gasteiger partial charge on any atom is 0.128 e. The van der Waals surface area contributed by atoms with E-state index in [2.05, 4.69) is 42.7 Å². The highest BCUT2D eigenvalue weighted by Gasteiger charge is 2.25. The van der Waals surface area contributed by atoms with E-state index < -0.39 is 0 Å². The van der Waals surface area contributed by atoms with Crippen LogP contribution in [0, 0.1) is 0 Å². The molecule has 3 aromatic heterocycles. The van der Waals surface area contributed by atoms with E-state index in [0.29, 0.717) is 10.9 Å². The number of nitrogens with zero attached hydrogens (tertiary/aromatic N) is 5. The van der Waals surface area contributed by atoms with Crippen LogP contribution < -0.4 is 4.90 Å². The Balaban J connectivity index is 1.52. The molecule has 0 spiro atoms. The van der Waals surface area contributed by atoms with Gasteiger partial charge in [0.1, 0.15) is 11.6 Å². The van der Waals surface area contributed by atoms with Crippen molar-refractivity contribution < 1.29 is 0 Å². The summed E-state index contributed by atoms with van der Waals surface area (Å²) in [6.07, 6.45) is 11.6. The average Bonchev–Trinajstić information content (AvgIpc) is 3.11. The van der Waals surface area contributed by atoms with Gasteiger partial charge in [-0.2, -0.15) is 0 Å². The van der Waals surface area contributed by atoms with Gasteiger partial charge >= 0.3 is 0 Å². The Bertz CT molecular complexity index is 815. The zero-order valence-corrected chi connectivity index (χ0v) is 14.7. The first-order valence-corrected chi connectivity index (χ1v) is 8.94. The third-order valence-electron chi connectivity index (χ3n) is 4.67. The number of halogens is 1. The third-order valence-corrected chi connectivity index (χ3v) is 4.90. The van der Waals surface area contributed by atoms with Crippen LogP contribution in [0.2, 0.25) is 5.02 Å². The molecular weight excluding hydrogens is 334 g/mol. The minimum atomic E-state index is 0.406. The molecule has 1 atom stereocenters. The second kappa shape index (κ2) is 7.23. The van der Waals surface area contributed by atoms with Crippen molar-refractivity contribution >= 4 is 17.4 Å². The van der Waals surface area contributed by atoms with Crippen LogP contribution in [0.1, 0.15) is 30.1 Å². The zero-order valence-electron chi connectivity index (χ0n) is 13.9. The Morgan fingerprint density at radius 2 is 1.96 bits per heavy atom. The largest absolute Gasteiger partial charge is 0.356 e. The Morgan fingerprint density at radius 3 is 2.76 bits per heavy atom. The van der Waals surface area contributed by atoms with Crippen LogP contribution in [-0.2, 0) is 6.54 Å². The number of aromatic nitrogens is 4. The van der Waals surface area contributed by atoms with Crippen LogP contribution in [0.25, 0.3) is 0 Å². The quantitative estimate of drug-likeness (QED) is 0.716. The van der Waals surface area contributed by atoms with Gasteiger partial charge in [-0.1, -0.05) is 11.6 Å². The molecule has 6 heteroatoms. The first-order chi connectivity index (χ1) is 12.3. The lowest BCUT2D eigenvalue weighted by atomic mass is 9.97. The summed E-state index contributed by atoms with van der Waals surface area (Å²) >= 11 is 5.96. The molecule has 0 aromatic carbocycles. The smallest absolute Gasteiger partial charge is 0.128 e. The Labute approximate surface area is 152 Å². The topological polar surface area (TPSA) is 46.8 Å². The van der Waals surface area contributed by atoms with Crippen LogP contribution >= 0.6 is 11.6 Å². The lowest BCUT2D eigenvalue weighted by Gasteiger charge is -2.33. The summed E-state index contributed by atoms with van der Waals surface area (Å²) in [7, 11) is 0. The van der Waals surface area contributed by atoms with E-state index in [1.54, 1.807) is 6.20 Å². The van der Waals surface area contributed by atoms with Gasteiger partial charge in [0, 0.05) is 56.5 Å². The van der Waals surface area contributed by atoms with E-state index in [9.17, 15) is 0 Å². The van der Waals surface area contributed by atoms with Crippen molar-refractivity contribution in [1.82, 2.24) is 19.5 Å². The lowest BCUT2D eigenvalue weighted by Crippen LogP contribution is -2.35. The minimum Gasteiger partial charge on any atom is -0.356 e. The van der Waals surface area contributed by atoms with Gasteiger partial charge in [-0.25, -0.2) is 9.97 Å². The molecule has 0 amide bonds. The molecule has 1 fully saturated rings. The van der Waals surface area contributed by atoms with E-state index in [-0.39, 0.29) is 0 Å². The summed E-state index contributed by atoms with van der Waals surface area (Å²) in [5.41, 5.74) is 1.24. The van der Waals surface area contributed by atoms with Gasteiger partial charge in [-0.05, 0) is 42.7 Å². The number of imidazole rings is 1. The molecule has 128 valence electrons. The lowest BCUT2D eigenvalue weighted by molar-refractivity contribution is 0.474. The highest BCUT2D eigenvalue weighted by molar-refractivity contribution is 6.30. The Morgan fingerprint density at radius 1 is 1.08 bits per heavy atom. The molecule has 0 aliphatic carbocycles. The molecule has 25 heavy (non-hydrogen) atoms. The standard InChI is InChI=1S/C19H20ClN5/c20-17-3-4-18(23-12-17)24-10-1-2-16(14-24)19-22-9-11-25(19)13-15-5-7-21-8-6-15/h3-9,11-12,16H,1-2,10,13-14H2/t16-/m0/s1. The van der Waals surface area contributed by atoms with Gasteiger partial charge in [0.25, 0.3) is 0 Å². The summed E-state index contributed by atoms with van der Waals surface area (Å²) in [6, 6.07) is 8.00. The maximum atomic E-state index is 5.96. The fraction of sp³-hybridized carbons (Fsp3) is 0.316. The molecule has 0 unspecified atom stereocenters. The number of pyridine rings is 2. The van der Waals surface area contributed by atoms with Gasteiger partial charge < -0.3 is 9.47 Å². The average molecular weight is 354 g/mol. The van der Waals surface area contributed by atoms with E-state index in [4.69, 9.17) is 11.6 Å². The molecule has 0 bridgehead atoms. The van der Waals surface area contributed by atoms with Gasteiger partial charge in [0.05, 0.1) is 5.02 Å². The van der Waals surface area contributed by atoms with Crippen molar-refractivity contribution in [3.05, 3.63) is 71.7 Å². The summed E-state index contributed by atoms with van der Waals surface area (Å²) in [4.78, 5) is 15.5. The van der Waals surface area contributed by atoms with Crippen LogP contribution in [0.4, 0.5) is 5.82 Å². The van der Waals surface area contributed by atoms with Crippen molar-refractivity contribution in [3.8, 4) is 0 Å². The fourth-order valence-corrected chi connectivity index (χ4v) is 3.56. The molecule has 3 aromatic rings. The second-order valence-electron chi connectivity index (χ2n) is 6.39. The van der Waals surface area contributed by atoms with Crippen molar-refractivity contribution in [2.45, 2.75) is 25.3 Å². The van der Waals surface area contributed by atoms with Crippen LogP contribution in [-0.4, -0.2) is 32.6 Å². The number of anilines is 1. The van der Waals surface area contributed by atoms with Crippen LogP contribution in [0.3, 0.4) is 0 Å². The van der Waals surface area contributed by atoms with Gasteiger partial charge in [0.2, 0.25) is 0 Å². The van der Waals surface area contributed by atoms with Crippen molar-refractivity contribution in [2.75, 3.05) is 18.0 Å². The molecule has 1 aliphatic heterocycles. The molecular formula is C19H20ClN5. The fourth-order valence-electron chi connectivity index (χ4n) is 3.45. The second-order valence-corrected chi connectivity index (χ2v) is 6.83. The molecule has 0 saturated carbocycles. The molecule has 1 saturated heterocycles. The van der Waals surface area contributed by atoms with E-state index >= 15 is 0 Å². The maximum absolute atomic E-state index is 5.96. The van der Waals surface area contributed by atoms with E-state index in [0.717, 1.165) is 44.1 Å². The summed E-state index contributed by atoms with van der Waals surface area (Å²) in [6.45, 7) is 2.78. The molecule has 1 aliphatic rings.